The Hall–Kier alpha value is -1.35. The maximum absolute atomic E-state index is 12.0. The Kier molecular flexibility index (Phi) is 5.16. The zero-order chi connectivity index (χ0) is 12.8. The molecule has 0 saturated carbocycles. The number of hydrogen-bond acceptors (Lipinski definition) is 3. The van der Waals surface area contributed by atoms with Gasteiger partial charge in [-0.2, -0.15) is 0 Å². The average Bonchev–Trinajstić information content (AvgIpc) is 2.35. The van der Waals surface area contributed by atoms with Gasteiger partial charge in [-0.3, -0.25) is 9.69 Å². The van der Waals surface area contributed by atoms with Crippen molar-refractivity contribution in [2.75, 3.05) is 20.2 Å². The lowest BCUT2D eigenvalue weighted by molar-refractivity contribution is 0.0911. The number of hydrogen-bond donors (Lipinski definition) is 0. The van der Waals surface area contributed by atoms with Gasteiger partial charge in [0.05, 0.1) is 13.7 Å². The number of carbonyl (C=O) groups is 1. The molecule has 1 aromatic carbocycles. The fourth-order valence-corrected chi connectivity index (χ4v) is 1.71. The van der Waals surface area contributed by atoms with Gasteiger partial charge in [-0.1, -0.05) is 6.92 Å². The number of nitrogens with zero attached hydrogens (tertiary/aromatic N) is 1. The summed E-state index contributed by atoms with van der Waals surface area (Å²) in [6.45, 7) is 7.64. The van der Waals surface area contributed by atoms with E-state index in [9.17, 15) is 4.79 Å². The second-order valence-corrected chi connectivity index (χ2v) is 4.31. The maximum atomic E-state index is 12.0. The number of ether oxygens (including phenoxy) is 1. The van der Waals surface area contributed by atoms with Crippen LogP contribution in [0.4, 0.5) is 0 Å². The summed E-state index contributed by atoms with van der Waals surface area (Å²) in [5, 5.41) is 0. The van der Waals surface area contributed by atoms with Crippen molar-refractivity contribution in [3.63, 3.8) is 0 Å². The summed E-state index contributed by atoms with van der Waals surface area (Å²) in [5.74, 6) is 0.931. The van der Waals surface area contributed by atoms with Crippen LogP contribution >= 0.6 is 0 Å². The summed E-state index contributed by atoms with van der Waals surface area (Å²) in [6.07, 6.45) is 0. The van der Waals surface area contributed by atoms with Crippen LogP contribution in [0.25, 0.3) is 0 Å². The summed E-state index contributed by atoms with van der Waals surface area (Å²) in [7, 11) is 1.62. The minimum absolute atomic E-state index is 0.156. The first kappa shape index (κ1) is 13.7. The van der Waals surface area contributed by atoms with Gasteiger partial charge in [-0.15, -0.1) is 0 Å². The van der Waals surface area contributed by atoms with Gasteiger partial charge in [0.25, 0.3) is 0 Å². The van der Waals surface area contributed by atoms with E-state index in [-0.39, 0.29) is 5.78 Å². The molecule has 0 amide bonds. The topological polar surface area (TPSA) is 29.5 Å². The number of Topliss-reactive ketones (excluding diaryl/α,β-unsaturated/α-hetero) is 1. The molecule has 0 fully saturated rings. The molecular formula is C14H21NO2. The van der Waals surface area contributed by atoms with Crippen molar-refractivity contribution in [2.24, 2.45) is 0 Å². The molecule has 0 radical (unpaired) electrons. The molecule has 0 aliphatic carbocycles. The largest absolute Gasteiger partial charge is 0.497 e. The molecule has 0 unspecified atom stereocenters. The van der Waals surface area contributed by atoms with Crippen molar-refractivity contribution in [2.45, 2.75) is 26.8 Å². The lowest BCUT2D eigenvalue weighted by Gasteiger charge is -2.23. The van der Waals surface area contributed by atoms with E-state index in [2.05, 4.69) is 25.7 Å². The molecule has 0 N–H and O–H groups in total. The molecule has 3 heteroatoms. The van der Waals surface area contributed by atoms with Gasteiger partial charge >= 0.3 is 0 Å². The standard InChI is InChI=1S/C14H21NO2/c1-5-15(11(2)3)10-14(16)12-6-8-13(17-4)9-7-12/h6-9,11H,5,10H2,1-4H3. The number of ketones is 1. The third-order valence-corrected chi connectivity index (χ3v) is 2.90. The number of rotatable bonds is 6. The predicted octanol–water partition coefficient (Wildman–Crippen LogP) is 2.61. The monoisotopic (exact) mass is 235 g/mol. The van der Waals surface area contributed by atoms with Gasteiger partial charge in [0.15, 0.2) is 5.78 Å². The van der Waals surface area contributed by atoms with Crippen molar-refractivity contribution in [1.82, 2.24) is 4.90 Å². The van der Waals surface area contributed by atoms with E-state index < -0.39 is 0 Å². The van der Waals surface area contributed by atoms with Crippen molar-refractivity contribution in [3.05, 3.63) is 29.8 Å². The Bertz CT molecular complexity index is 357. The minimum Gasteiger partial charge on any atom is -0.497 e. The van der Waals surface area contributed by atoms with Crippen LogP contribution in [0.15, 0.2) is 24.3 Å². The highest BCUT2D eigenvalue weighted by atomic mass is 16.5. The summed E-state index contributed by atoms with van der Waals surface area (Å²) >= 11 is 0. The number of carbonyl (C=O) groups excluding carboxylic acids is 1. The number of benzene rings is 1. The van der Waals surface area contributed by atoms with E-state index in [1.807, 2.05) is 24.3 Å². The smallest absolute Gasteiger partial charge is 0.176 e. The van der Waals surface area contributed by atoms with E-state index in [4.69, 9.17) is 4.74 Å². The molecule has 0 aliphatic heterocycles. The fraction of sp³-hybridized carbons (Fsp3) is 0.500. The Balaban J connectivity index is 2.68. The van der Waals surface area contributed by atoms with Crippen molar-refractivity contribution < 1.29 is 9.53 Å². The van der Waals surface area contributed by atoms with Crippen molar-refractivity contribution in [3.8, 4) is 5.75 Å². The maximum Gasteiger partial charge on any atom is 0.176 e. The van der Waals surface area contributed by atoms with Crippen LogP contribution in [0.2, 0.25) is 0 Å². The third kappa shape index (κ3) is 3.86. The first-order chi connectivity index (χ1) is 8.08. The van der Waals surface area contributed by atoms with Crippen LogP contribution in [-0.4, -0.2) is 36.9 Å². The highest BCUT2D eigenvalue weighted by Crippen LogP contribution is 2.12. The van der Waals surface area contributed by atoms with Gasteiger partial charge < -0.3 is 4.74 Å². The Morgan fingerprint density at radius 2 is 1.88 bits per heavy atom. The molecule has 0 atom stereocenters. The van der Waals surface area contributed by atoms with E-state index in [1.165, 1.54) is 0 Å². The number of likely N-dealkylation sites (N-methyl/N-ethyl adjacent to an activating group) is 1. The average molecular weight is 235 g/mol. The van der Waals surface area contributed by atoms with Crippen LogP contribution in [0.1, 0.15) is 31.1 Å². The minimum atomic E-state index is 0.156. The molecule has 0 aromatic heterocycles. The molecule has 3 nitrogen and oxygen atoms in total. The molecule has 0 aliphatic rings. The van der Waals surface area contributed by atoms with Crippen LogP contribution in [0.5, 0.6) is 5.75 Å². The number of methoxy groups -OCH3 is 1. The highest BCUT2D eigenvalue weighted by molar-refractivity contribution is 5.97. The molecular weight excluding hydrogens is 214 g/mol. The quantitative estimate of drug-likeness (QED) is 0.710. The lowest BCUT2D eigenvalue weighted by atomic mass is 10.1. The first-order valence-electron chi connectivity index (χ1n) is 5.99. The Labute approximate surface area is 103 Å². The zero-order valence-electron chi connectivity index (χ0n) is 11.1. The predicted molar refractivity (Wildman–Crippen MR) is 69.7 cm³/mol. The van der Waals surface area contributed by atoms with Gasteiger partial charge in [-0.05, 0) is 44.7 Å². The van der Waals surface area contributed by atoms with E-state index in [0.29, 0.717) is 12.6 Å². The summed E-state index contributed by atoms with van der Waals surface area (Å²) < 4.78 is 5.07. The molecule has 1 aromatic rings. The first-order valence-corrected chi connectivity index (χ1v) is 5.99. The van der Waals surface area contributed by atoms with Gasteiger partial charge in [0, 0.05) is 11.6 Å². The van der Waals surface area contributed by atoms with Crippen LogP contribution in [0, 0.1) is 0 Å². The van der Waals surface area contributed by atoms with Gasteiger partial charge in [0.1, 0.15) is 5.75 Å². The molecule has 0 bridgehead atoms. The second-order valence-electron chi connectivity index (χ2n) is 4.31. The summed E-state index contributed by atoms with van der Waals surface area (Å²) in [4.78, 5) is 14.2. The zero-order valence-corrected chi connectivity index (χ0v) is 11.1. The highest BCUT2D eigenvalue weighted by Gasteiger charge is 2.13. The van der Waals surface area contributed by atoms with Crippen molar-refractivity contribution >= 4 is 5.78 Å². The fourth-order valence-electron chi connectivity index (χ4n) is 1.71. The van der Waals surface area contributed by atoms with Crippen LogP contribution in [-0.2, 0) is 0 Å². The molecule has 94 valence electrons. The SMILES string of the molecule is CCN(CC(=O)c1ccc(OC)cc1)C(C)C. The lowest BCUT2D eigenvalue weighted by Crippen LogP contribution is -2.35. The molecule has 0 saturated heterocycles. The third-order valence-electron chi connectivity index (χ3n) is 2.90. The molecule has 1 rings (SSSR count). The van der Waals surface area contributed by atoms with Crippen molar-refractivity contribution in [1.29, 1.82) is 0 Å². The van der Waals surface area contributed by atoms with E-state index in [1.54, 1.807) is 7.11 Å². The Morgan fingerprint density at radius 3 is 2.29 bits per heavy atom. The molecule has 17 heavy (non-hydrogen) atoms. The van der Waals surface area contributed by atoms with Gasteiger partial charge in [-0.25, -0.2) is 0 Å². The second kappa shape index (κ2) is 6.40. The normalized spacial score (nSPS) is 10.9. The Morgan fingerprint density at radius 1 is 1.29 bits per heavy atom. The van der Waals surface area contributed by atoms with Gasteiger partial charge in [0.2, 0.25) is 0 Å². The van der Waals surface area contributed by atoms with Crippen LogP contribution < -0.4 is 4.74 Å². The molecule has 0 spiro atoms. The van der Waals surface area contributed by atoms with Crippen LogP contribution in [0.3, 0.4) is 0 Å². The molecule has 0 heterocycles. The van der Waals surface area contributed by atoms with E-state index in [0.717, 1.165) is 17.9 Å². The van der Waals surface area contributed by atoms with E-state index >= 15 is 0 Å². The summed E-state index contributed by atoms with van der Waals surface area (Å²) in [6, 6.07) is 7.66. The summed E-state index contributed by atoms with van der Waals surface area (Å²) in [5.41, 5.74) is 0.741.